The molecule has 8 heteroatoms. The van der Waals surface area contributed by atoms with E-state index in [2.05, 4.69) is 9.71 Å². The Morgan fingerprint density at radius 3 is 2.84 bits per heavy atom. The van der Waals surface area contributed by atoms with Gasteiger partial charge >= 0.3 is 0 Å². The van der Waals surface area contributed by atoms with E-state index in [-0.39, 0.29) is 23.5 Å². The molecule has 19 heavy (non-hydrogen) atoms. The topological polar surface area (TPSA) is 92.4 Å². The molecule has 0 aliphatic heterocycles. The van der Waals surface area contributed by atoms with Crippen LogP contribution in [0.4, 0.5) is 0 Å². The van der Waals surface area contributed by atoms with Crippen LogP contribution in [0.5, 0.6) is 0 Å². The minimum Gasteiger partial charge on any atom is -0.446 e. The Hall–Kier alpha value is -1.22. The van der Waals surface area contributed by atoms with Gasteiger partial charge in [-0.1, -0.05) is 6.92 Å². The van der Waals surface area contributed by atoms with Gasteiger partial charge in [0.2, 0.25) is 5.09 Å². The third-order valence-electron chi connectivity index (χ3n) is 2.51. The molecule has 1 atom stereocenters. The Morgan fingerprint density at radius 2 is 2.32 bits per heavy atom. The number of furan rings is 1. The normalized spacial score (nSPS) is 13.6. The maximum Gasteiger partial charge on any atom is 0.274 e. The van der Waals surface area contributed by atoms with E-state index in [0.717, 1.165) is 0 Å². The van der Waals surface area contributed by atoms with Crippen LogP contribution >= 0.6 is 11.3 Å². The molecular formula is C11H14N2O4S2. The van der Waals surface area contributed by atoms with Crippen LogP contribution in [0.25, 0.3) is 0 Å². The van der Waals surface area contributed by atoms with Crippen molar-refractivity contribution in [3.63, 3.8) is 0 Å². The summed E-state index contributed by atoms with van der Waals surface area (Å²) in [4.78, 5) is 4.11. The van der Waals surface area contributed by atoms with Gasteiger partial charge in [-0.05, 0) is 18.6 Å². The Morgan fingerprint density at radius 1 is 1.53 bits per heavy atom. The smallest absolute Gasteiger partial charge is 0.274 e. The molecule has 2 heterocycles. The predicted molar refractivity (Wildman–Crippen MR) is 70.1 cm³/mol. The summed E-state index contributed by atoms with van der Waals surface area (Å²) >= 11 is 1.39. The lowest BCUT2D eigenvalue weighted by Crippen LogP contribution is -2.28. The highest BCUT2D eigenvalue weighted by Gasteiger charge is 2.24. The molecule has 0 fully saturated rings. The molecule has 0 aliphatic rings. The Bertz CT molecular complexity index is 619. The minimum absolute atomic E-state index is 0.202. The number of aliphatic hydroxyl groups excluding tert-OH is 1. The number of nitrogens with zero attached hydrogens (tertiary/aromatic N) is 1. The molecule has 0 aliphatic carbocycles. The van der Waals surface area contributed by atoms with Gasteiger partial charge in [-0.15, -0.1) is 11.3 Å². The van der Waals surface area contributed by atoms with Crippen molar-refractivity contribution in [1.82, 2.24) is 9.71 Å². The van der Waals surface area contributed by atoms with Crippen molar-refractivity contribution in [2.24, 2.45) is 0 Å². The Balaban J connectivity index is 2.20. The molecule has 1 unspecified atom stereocenters. The van der Waals surface area contributed by atoms with Gasteiger partial charge in [-0.3, -0.25) is 0 Å². The fourth-order valence-electron chi connectivity index (χ4n) is 1.55. The maximum absolute atomic E-state index is 12.1. The van der Waals surface area contributed by atoms with Crippen LogP contribution in [-0.2, 0) is 16.6 Å². The van der Waals surface area contributed by atoms with Crippen molar-refractivity contribution in [1.29, 1.82) is 0 Å². The van der Waals surface area contributed by atoms with Gasteiger partial charge in [0.05, 0.1) is 6.04 Å². The van der Waals surface area contributed by atoms with Gasteiger partial charge in [0, 0.05) is 11.6 Å². The molecule has 104 valence electrons. The number of nitrogens with one attached hydrogen (secondary N) is 1. The highest BCUT2D eigenvalue weighted by Crippen LogP contribution is 2.22. The van der Waals surface area contributed by atoms with Crippen LogP contribution in [0, 0.1) is 0 Å². The van der Waals surface area contributed by atoms with Crippen molar-refractivity contribution in [3.05, 3.63) is 34.5 Å². The van der Waals surface area contributed by atoms with Gasteiger partial charge < -0.3 is 9.52 Å². The Labute approximate surface area is 115 Å². The van der Waals surface area contributed by atoms with Gasteiger partial charge in [-0.25, -0.2) is 13.4 Å². The molecule has 0 radical (unpaired) electrons. The van der Waals surface area contributed by atoms with Crippen LogP contribution in [0.3, 0.4) is 0 Å². The molecule has 0 spiro atoms. The molecular weight excluding hydrogens is 288 g/mol. The quantitative estimate of drug-likeness (QED) is 0.846. The van der Waals surface area contributed by atoms with Gasteiger partial charge in [-0.2, -0.15) is 4.72 Å². The zero-order valence-electron chi connectivity index (χ0n) is 10.2. The molecule has 0 saturated carbocycles. The number of hydrogen-bond donors (Lipinski definition) is 2. The summed E-state index contributed by atoms with van der Waals surface area (Å²) in [7, 11) is -3.75. The summed E-state index contributed by atoms with van der Waals surface area (Å²) in [6.07, 6.45) is 2.22. The Kier molecular flexibility index (Phi) is 4.35. The third-order valence-corrected chi connectivity index (χ3v) is 4.75. The fraction of sp³-hybridized carbons (Fsp3) is 0.364. The number of hydrogen-bond acceptors (Lipinski definition) is 6. The molecule has 0 bridgehead atoms. The first-order chi connectivity index (χ1) is 9.06. The molecule has 0 aromatic carbocycles. The van der Waals surface area contributed by atoms with Gasteiger partial charge in [0.25, 0.3) is 10.0 Å². The van der Waals surface area contributed by atoms with Crippen molar-refractivity contribution >= 4 is 21.4 Å². The van der Waals surface area contributed by atoms with E-state index < -0.39 is 10.0 Å². The summed E-state index contributed by atoms with van der Waals surface area (Å²) in [5, 5.41) is 11.2. The van der Waals surface area contributed by atoms with E-state index in [4.69, 9.17) is 9.52 Å². The van der Waals surface area contributed by atoms with Gasteiger partial charge in [0.1, 0.15) is 17.4 Å². The number of rotatable bonds is 6. The first-order valence-electron chi connectivity index (χ1n) is 5.68. The standard InChI is InChI=1S/C11H14N2O4S2/c1-2-9(11-12-5-6-18-11)13-19(15,16)10-4-3-8(7-14)17-10/h3-6,9,13-14H,2,7H2,1H3. The second-order valence-corrected chi connectivity index (χ2v) is 6.40. The lowest BCUT2D eigenvalue weighted by atomic mass is 10.3. The van der Waals surface area contributed by atoms with Crippen LogP contribution < -0.4 is 4.72 Å². The van der Waals surface area contributed by atoms with Crippen LogP contribution in [-0.4, -0.2) is 18.5 Å². The van der Waals surface area contributed by atoms with Crippen molar-refractivity contribution < 1.29 is 17.9 Å². The van der Waals surface area contributed by atoms with Crippen molar-refractivity contribution in [3.8, 4) is 0 Å². The van der Waals surface area contributed by atoms with E-state index >= 15 is 0 Å². The summed E-state index contributed by atoms with van der Waals surface area (Å²) < 4.78 is 31.8. The number of thiazole rings is 1. The van der Waals surface area contributed by atoms with Crippen molar-refractivity contribution in [2.45, 2.75) is 31.1 Å². The zero-order valence-corrected chi connectivity index (χ0v) is 11.9. The molecule has 2 aromatic rings. The maximum atomic E-state index is 12.1. The minimum atomic E-state index is -3.75. The predicted octanol–water partition coefficient (Wildman–Crippen LogP) is 1.66. The van der Waals surface area contributed by atoms with Crippen molar-refractivity contribution in [2.75, 3.05) is 0 Å². The van der Waals surface area contributed by atoms with E-state index in [1.54, 1.807) is 11.6 Å². The summed E-state index contributed by atoms with van der Waals surface area (Å²) in [5.41, 5.74) is 0. The van der Waals surface area contributed by atoms with Crippen LogP contribution in [0.15, 0.2) is 33.2 Å². The molecule has 0 saturated heterocycles. The summed E-state index contributed by atoms with van der Waals surface area (Å²) in [6.45, 7) is 1.54. The second-order valence-electron chi connectivity index (χ2n) is 3.83. The highest BCUT2D eigenvalue weighted by molar-refractivity contribution is 7.89. The molecule has 2 N–H and O–H groups in total. The summed E-state index contributed by atoms with van der Waals surface area (Å²) in [5.74, 6) is 0.211. The number of sulfonamides is 1. The van der Waals surface area contributed by atoms with Crippen LogP contribution in [0.2, 0.25) is 0 Å². The second kappa shape index (κ2) is 5.83. The zero-order chi connectivity index (χ0) is 13.9. The SMILES string of the molecule is CCC(NS(=O)(=O)c1ccc(CO)o1)c1nccs1. The number of aromatic nitrogens is 1. The van der Waals surface area contributed by atoms with E-state index in [1.807, 2.05) is 6.92 Å². The lowest BCUT2D eigenvalue weighted by molar-refractivity contribution is 0.236. The van der Waals surface area contributed by atoms with E-state index in [1.165, 1.54) is 23.5 Å². The molecule has 0 amide bonds. The average Bonchev–Trinajstić information content (AvgIpc) is 3.06. The molecule has 2 aromatic heterocycles. The molecule has 2 rings (SSSR count). The van der Waals surface area contributed by atoms with E-state index in [0.29, 0.717) is 11.4 Å². The largest absolute Gasteiger partial charge is 0.446 e. The molecule has 6 nitrogen and oxygen atoms in total. The van der Waals surface area contributed by atoms with Gasteiger partial charge in [0.15, 0.2) is 0 Å². The monoisotopic (exact) mass is 302 g/mol. The lowest BCUT2D eigenvalue weighted by Gasteiger charge is -2.13. The number of aliphatic hydroxyl groups is 1. The highest BCUT2D eigenvalue weighted by atomic mass is 32.2. The average molecular weight is 302 g/mol. The first kappa shape index (κ1) is 14.2. The third kappa shape index (κ3) is 3.21. The first-order valence-corrected chi connectivity index (χ1v) is 8.04. The van der Waals surface area contributed by atoms with E-state index in [9.17, 15) is 8.42 Å². The summed E-state index contributed by atoms with van der Waals surface area (Å²) in [6, 6.07) is 2.37. The fourth-order valence-corrected chi connectivity index (χ4v) is 3.63. The van der Waals surface area contributed by atoms with Crippen LogP contribution in [0.1, 0.15) is 30.2 Å².